The van der Waals surface area contributed by atoms with Crippen molar-refractivity contribution in [3.05, 3.63) is 35.9 Å². The third kappa shape index (κ3) is 3.69. The highest BCUT2D eigenvalue weighted by atomic mass is 16.3. The number of ketones is 1. The van der Waals surface area contributed by atoms with Gasteiger partial charge in [-0.15, -0.1) is 0 Å². The first-order chi connectivity index (χ1) is 9.30. The lowest BCUT2D eigenvalue weighted by Gasteiger charge is -2.41. The minimum Gasteiger partial charge on any atom is -0.389 e. The average Bonchev–Trinajstić information content (AvgIpc) is 2.38. The van der Waals surface area contributed by atoms with E-state index in [1.165, 1.54) is 0 Å². The van der Waals surface area contributed by atoms with Gasteiger partial charge in [0.2, 0.25) is 0 Å². The number of hydrogen-bond donors (Lipinski definition) is 1. The van der Waals surface area contributed by atoms with Crippen LogP contribution in [-0.2, 0) is 0 Å². The van der Waals surface area contributed by atoms with E-state index in [1.54, 1.807) is 0 Å². The summed E-state index contributed by atoms with van der Waals surface area (Å²) < 4.78 is 0. The summed E-state index contributed by atoms with van der Waals surface area (Å²) >= 11 is 0. The molecule has 2 heteroatoms. The molecule has 0 saturated heterocycles. The van der Waals surface area contributed by atoms with Gasteiger partial charge in [-0.2, -0.15) is 0 Å². The maximum absolute atomic E-state index is 12.2. The summed E-state index contributed by atoms with van der Waals surface area (Å²) in [6.07, 6.45) is 3.78. The van der Waals surface area contributed by atoms with E-state index in [0.717, 1.165) is 25.7 Å². The van der Waals surface area contributed by atoms with Crippen LogP contribution in [0.4, 0.5) is 0 Å². The second-order valence-corrected chi connectivity index (χ2v) is 7.33. The highest BCUT2D eigenvalue weighted by Gasteiger charge is 2.38. The standard InChI is InChI=1S/C18H26O2/c1-17(2,3)15-9-11-18(20,12-10-15)13-16(19)14-7-5-4-6-8-14/h4-8,15,20H,9-13H2,1-3H3. The molecule has 1 aliphatic carbocycles. The molecule has 2 rings (SSSR count). The third-order valence-corrected chi connectivity index (χ3v) is 4.73. The zero-order chi connectivity index (χ0) is 14.8. The van der Waals surface area contributed by atoms with Gasteiger partial charge in [0.1, 0.15) is 0 Å². The van der Waals surface area contributed by atoms with Crippen LogP contribution in [0.15, 0.2) is 30.3 Å². The first kappa shape index (κ1) is 15.2. The Kier molecular flexibility index (Phi) is 4.33. The summed E-state index contributed by atoms with van der Waals surface area (Å²) in [7, 11) is 0. The Hall–Kier alpha value is -1.15. The van der Waals surface area contributed by atoms with Crippen LogP contribution < -0.4 is 0 Å². The molecule has 20 heavy (non-hydrogen) atoms. The summed E-state index contributed by atoms with van der Waals surface area (Å²) in [6.45, 7) is 6.78. The number of carbonyl (C=O) groups excluding carboxylic acids is 1. The Morgan fingerprint density at radius 3 is 2.25 bits per heavy atom. The summed E-state index contributed by atoms with van der Waals surface area (Å²) in [6, 6.07) is 9.29. The monoisotopic (exact) mass is 274 g/mol. The second-order valence-electron chi connectivity index (χ2n) is 7.33. The van der Waals surface area contributed by atoms with Crippen molar-refractivity contribution >= 4 is 5.78 Å². The molecule has 1 N–H and O–H groups in total. The van der Waals surface area contributed by atoms with Crippen molar-refractivity contribution in [3.63, 3.8) is 0 Å². The molecule has 1 fully saturated rings. The lowest BCUT2D eigenvalue weighted by molar-refractivity contribution is -0.0260. The fraction of sp³-hybridized carbons (Fsp3) is 0.611. The van der Waals surface area contributed by atoms with Crippen LogP contribution in [0.3, 0.4) is 0 Å². The van der Waals surface area contributed by atoms with Crippen molar-refractivity contribution in [2.24, 2.45) is 11.3 Å². The van der Waals surface area contributed by atoms with Crippen LogP contribution in [0.2, 0.25) is 0 Å². The van der Waals surface area contributed by atoms with Crippen LogP contribution in [0.5, 0.6) is 0 Å². The van der Waals surface area contributed by atoms with Crippen molar-refractivity contribution in [2.75, 3.05) is 0 Å². The topological polar surface area (TPSA) is 37.3 Å². The van der Waals surface area contributed by atoms with Crippen molar-refractivity contribution < 1.29 is 9.90 Å². The number of rotatable bonds is 3. The molecule has 1 saturated carbocycles. The number of carbonyl (C=O) groups is 1. The van der Waals surface area contributed by atoms with Crippen molar-refractivity contribution in [3.8, 4) is 0 Å². The Bertz CT molecular complexity index is 448. The normalized spacial score (nSPS) is 27.3. The predicted octanol–water partition coefficient (Wildman–Crippen LogP) is 4.23. The molecule has 0 radical (unpaired) electrons. The third-order valence-electron chi connectivity index (χ3n) is 4.73. The van der Waals surface area contributed by atoms with Gasteiger partial charge in [0.15, 0.2) is 5.78 Å². The number of aliphatic hydroxyl groups is 1. The van der Waals surface area contributed by atoms with Crippen LogP contribution >= 0.6 is 0 Å². The van der Waals surface area contributed by atoms with Gasteiger partial charge in [0.25, 0.3) is 0 Å². The van der Waals surface area contributed by atoms with Gasteiger partial charge in [0, 0.05) is 12.0 Å². The Labute approximate surface area is 122 Å². The maximum Gasteiger partial charge on any atom is 0.165 e. The Balaban J connectivity index is 1.96. The highest BCUT2D eigenvalue weighted by Crippen LogP contribution is 2.42. The van der Waals surface area contributed by atoms with Crippen molar-refractivity contribution in [1.29, 1.82) is 0 Å². The number of hydrogen-bond acceptors (Lipinski definition) is 2. The van der Waals surface area contributed by atoms with Crippen LogP contribution in [-0.4, -0.2) is 16.5 Å². The minimum absolute atomic E-state index is 0.0577. The first-order valence-corrected chi connectivity index (χ1v) is 7.61. The van der Waals surface area contributed by atoms with Gasteiger partial charge in [-0.25, -0.2) is 0 Å². The van der Waals surface area contributed by atoms with E-state index in [4.69, 9.17) is 0 Å². The molecule has 1 aliphatic rings. The molecule has 0 bridgehead atoms. The molecular weight excluding hydrogens is 248 g/mol. The summed E-state index contributed by atoms with van der Waals surface area (Å²) in [5.74, 6) is 0.705. The molecule has 2 nitrogen and oxygen atoms in total. The summed E-state index contributed by atoms with van der Waals surface area (Å²) in [5.41, 5.74) is 0.207. The van der Waals surface area contributed by atoms with Gasteiger partial charge in [0.05, 0.1) is 5.60 Å². The first-order valence-electron chi connectivity index (χ1n) is 7.61. The molecule has 0 heterocycles. The highest BCUT2D eigenvalue weighted by molar-refractivity contribution is 5.96. The molecule has 0 aromatic heterocycles. The predicted molar refractivity (Wildman–Crippen MR) is 81.8 cm³/mol. The zero-order valence-electron chi connectivity index (χ0n) is 12.9. The fourth-order valence-corrected chi connectivity index (χ4v) is 3.22. The largest absolute Gasteiger partial charge is 0.389 e. The van der Waals surface area contributed by atoms with E-state index in [0.29, 0.717) is 16.9 Å². The summed E-state index contributed by atoms with van der Waals surface area (Å²) in [5, 5.41) is 10.7. The molecule has 0 aliphatic heterocycles. The molecule has 0 unspecified atom stereocenters. The number of benzene rings is 1. The van der Waals surface area contributed by atoms with Crippen LogP contribution in [0, 0.1) is 11.3 Å². The fourth-order valence-electron chi connectivity index (χ4n) is 3.22. The summed E-state index contributed by atoms with van der Waals surface area (Å²) in [4.78, 5) is 12.2. The van der Waals surface area contributed by atoms with E-state index in [1.807, 2.05) is 30.3 Å². The van der Waals surface area contributed by atoms with Gasteiger partial charge < -0.3 is 5.11 Å². The number of Topliss-reactive ketones (excluding diaryl/α,β-unsaturated/α-hetero) is 1. The molecule has 1 aromatic rings. The van der Waals surface area contributed by atoms with Crippen molar-refractivity contribution in [2.45, 2.75) is 58.5 Å². The zero-order valence-corrected chi connectivity index (χ0v) is 12.9. The SMILES string of the molecule is CC(C)(C)C1CCC(O)(CC(=O)c2ccccc2)CC1. The van der Waals surface area contributed by atoms with E-state index in [9.17, 15) is 9.90 Å². The van der Waals surface area contributed by atoms with E-state index < -0.39 is 5.60 Å². The van der Waals surface area contributed by atoms with Crippen LogP contribution in [0.1, 0.15) is 63.2 Å². The van der Waals surface area contributed by atoms with E-state index in [2.05, 4.69) is 20.8 Å². The maximum atomic E-state index is 12.2. The quantitative estimate of drug-likeness (QED) is 0.838. The van der Waals surface area contributed by atoms with Crippen LogP contribution in [0.25, 0.3) is 0 Å². The molecular formula is C18H26O2. The van der Waals surface area contributed by atoms with Gasteiger partial charge in [-0.05, 0) is 37.0 Å². The Morgan fingerprint density at radius 2 is 1.75 bits per heavy atom. The molecule has 0 spiro atoms. The van der Waals surface area contributed by atoms with E-state index >= 15 is 0 Å². The lowest BCUT2D eigenvalue weighted by atomic mass is 9.67. The molecule has 1 aromatic carbocycles. The van der Waals surface area contributed by atoms with Crippen molar-refractivity contribution in [1.82, 2.24) is 0 Å². The Morgan fingerprint density at radius 1 is 1.20 bits per heavy atom. The average molecular weight is 274 g/mol. The minimum atomic E-state index is -0.797. The molecule has 0 amide bonds. The molecule has 0 atom stereocenters. The lowest BCUT2D eigenvalue weighted by Crippen LogP contribution is -2.39. The van der Waals surface area contributed by atoms with E-state index in [-0.39, 0.29) is 12.2 Å². The van der Waals surface area contributed by atoms with Gasteiger partial charge in [-0.3, -0.25) is 4.79 Å². The second kappa shape index (κ2) is 5.69. The molecule has 110 valence electrons. The van der Waals surface area contributed by atoms with Gasteiger partial charge >= 0.3 is 0 Å². The van der Waals surface area contributed by atoms with Gasteiger partial charge in [-0.1, -0.05) is 51.1 Å². The smallest absolute Gasteiger partial charge is 0.165 e.